The number of aromatic nitrogens is 3. The van der Waals surface area contributed by atoms with Gasteiger partial charge in [-0.25, -0.2) is 9.97 Å². The summed E-state index contributed by atoms with van der Waals surface area (Å²) in [5, 5.41) is 3.69. The molecule has 7 heteroatoms. The first-order valence-corrected chi connectivity index (χ1v) is 8.62. The van der Waals surface area contributed by atoms with Crippen LogP contribution in [0.5, 0.6) is 0 Å². The van der Waals surface area contributed by atoms with Crippen molar-refractivity contribution in [1.82, 2.24) is 20.3 Å². The van der Waals surface area contributed by atoms with Crippen LogP contribution >= 0.6 is 11.8 Å². The number of nitrogens with one attached hydrogen (secondary N) is 1. The van der Waals surface area contributed by atoms with Crippen molar-refractivity contribution in [3.63, 3.8) is 0 Å². The molecule has 0 radical (unpaired) electrons. The first-order valence-electron chi connectivity index (χ1n) is 7.40. The molecule has 1 fully saturated rings. The molecule has 3 heterocycles. The number of rotatable bonds is 5. The zero-order valence-electron chi connectivity index (χ0n) is 12.8. The highest BCUT2D eigenvalue weighted by molar-refractivity contribution is 7.98. The highest BCUT2D eigenvalue weighted by Crippen LogP contribution is 2.19. The Kier molecular flexibility index (Phi) is 5.19. The Hall–Kier alpha value is -1.99. The maximum Gasteiger partial charge on any atom is 0.254 e. The summed E-state index contributed by atoms with van der Waals surface area (Å²) in [6, 6.07) is 3.98. The van der Waals surface area contributed by atoms with Crippen molar-refractivity contribution in [2.75, 3.05) is 19.5 Å². The lowest BCUT2D eigenvalue weighted by Crippen LogP contribution is -2.40. The molecule has 2 aromatic heterocycles. The largest absolute Gasteiger partial charge is 0.379 e. The van der Waals surface area contributed by atoms with Crippen molar-refractivity contribution in [1.29, 1.82) is 0 Å². The minimum Gasteiger partial charge on any atom is -0.379 e. The molecule has 0 aromatic carbocycles. The molecule has 1 saturated heterocycles. The lowest BCUT2D eigenvalue weighted by atomic mass is 9.95. The van der Waals surface area contributed by atoms with Crippen LogP contribution in [0, 0.1) is 5.92 Å². The molecule has 3 rings (SSSR count). The SMILES string of the molecule is CSc1ncc(C(=O)N[C@@H]2COC[C@H]2Cc2ccncc2)cn1. The molecule has 120 valence electrons. The topological polar surface area (TPSA) is 77.0 Å². The van der Waals surface area contributed by atoms with Crippen LogP contribution in [-0.4, -0.2) is 46.4 Å². The zero-order chi connectivity index (χ0) is 16.1. The van der Waals surface area contributed by atoms with Crippen molar-refractivity contribution in [3.05, 3.63) is 48.0 Å². The van der Waals surface area contributed by atoms with Gasteiger partial charge in [-0.2, -0.15) is 0 Å². The summed E-state index contributed by atoms with van der Waals surface area (Å²) in [6.45, 7) is 1.18. The molecule has 2 aromatic rings. The molecule has 23 heavy (non-hydrogen) atoms. The molecule has 1 amide bonds. The van der Waals surface area contributed by atoms with Crippen LogP contribution in [0.1, 0.15) is 15.9 Å². The predicted octanol–water partition coefficient (Wildman–Crippen LogP) is 1.58. The van der Waals surface area contributed by atoms with E-state index in [9.17, 15) is 4.79 Å². The third-order valence-electron chi connectivity index (χ3n) is 3.84. The normalized spacial score (nSPS) is 20.4. The van der Waals surface area contributed by atoms with E-state index in [1.807, 2.05) is 18.4 Å². The van der Waals surface area contributed by atoms with E-state index in [0.29, 0.717) is 23.9 Å². The van der Waals surface area contributed by atoms with Gasteiger partial charge in [-0.1, -0.05) is 11.8 Å². The molecule has 1 aliphatic rings. The second-order valence-electron chi connectivity index (χ2n) is 5.40. The molecule has 1 aliphatic heterocycles. The summed E-state index contributed by atoms with van der Waals surface area (Å²) < 4.78 is 5.55. The van der Waals surface area contributed by atoms with Crippen LogP contribution in [0.3, 0.4) is 0 Å². The van der Waals surface area contributed by atoms with Crippen molar-refractivity contribution >= 4 is 17.7 Å². The van der Waals surface area contributed by atoms with Gasteiger partial charge in [-0.3, -0.25) is 9.78 Å². The molecule has 0 aliphatic carbocycles. The molecular formula is C16H18N4O2S. The van der Waals surface area contributed by atoms with Gasteiger partial charge in [0.05, 0.1) is 24.8 Å². The van der Waals surface area contributed by atoms with Crippen molar-refractivity contribution in [3.8, 4) is 0 Å². The third-order valence-corrected chi connectivity index (χ3v) is 4.41. The fraction of sp³-hybridized carbons (Fsp3) is 0.375. The predicted molar refractivity (Wildman–Crippen MR) is 87.3 cm³/mol. The van der Waals surface area contributed by atoms with Crippen LogP contribution in [0.4, 0.5) is 0 Å². The Bertz CT molecular complexity index is 651. The maximum atomic E-state index is 12.3. The van der Waals surface area contributed by atoms with E-state index in [0.717, 1.165) is 6.42 Å². The van der Waals surface area contributed by atoms with Gasteiger partial charge in [0.1, 0.15) is 0 Å². The average Bonchev–Trinajstić information content (AvgIpc) is 3.02. The van der Waals surface area contributed by atoms with Gasteiger partial charge in [0, 0.05) is 30.7 Å². The molecule has 1 N–H and O–H groups in total. The molecule has 0 unspecified atom stereocenters. The minimum absolute atomic E-state index is 0.00380. The first kappa shape index (κ1) is 15.9. The van der Waals surface area contributed by atoms with E-state index < -0.39 is 0 Å². The summed E-state index contributed by atoms with van der Waals surface area (Å²) in [6.07, 6.45) is 9.43. The number of hydrogen-bond donors (Lipinski definition) is 1. The van der Waals surface area contributed by atoms with Crippen molar-refractivity contribution in [2.45, 2.75) is 17.6 Å². The van der Waals surface area contributed by atoms with Gasteiger partial charge in [0.2, 0.25) is 0 Å². The number of carbonyl (C=O) groups is 1. The van der Waals surface area contributed by atoms with Gasteiger partial charge in [-0.05, 0) is 30.4 Å². The van der Waals surface area contributed by atoms with E-state index in [1.165, 1.54) is 17.3 Å². The molecule has 2 atom stereocenters. The van der Waals surface area contributed by atoms with Crippen LogP contribution < -0.4 is 5.32 Å². The number of ether oxygens (including phenoxy) is 1. The lowest BCUT2D eigenvalue weighted by molar-refractivity contribution is 0.0924. The first-order chi connectivity index (χ1) is 11.3. The van der Waals surface area contributed by atoms with E-state index in [4.69, 9.17) is 4.74 Å². The number of amides is 1. The highest BCUT2D eigenvalue weighted by Gasteiger charge is 2.30. The minimum atomic E-state index is -0.159. The Labute approximate surface area is 139 Å². The quantitative estimate of drug-likeness (QED) is 0.662. The van der Waals surface area contributed by atoms with E-state index in [-0.39, 0.29) is 17.9 Å². The number of nitrogens with zero attached hydrogens (tertiary/aromatic N) is 3. The van der Waals surface area contributed by atoms with Crippen LogP contribution in [-0.2, 0) is 11.2 Å². The van der Waals surface area contributed by atoms with Crippen LogP contribution in [0.15, 0.2) is 42.1 Å². The Balaban J connectivity index is 1.62. The van der Waals surface area contributed by atoms with Gasteiger partial charge in [-0.15, -0.1) is 0 Å². The standard InChI is InChI=1S/C16H18N4O2S/c1-23-16-18-7-13(8-19-16)15(21)20-14-10-22-9-12(14)6-11-2-4-17-5-3-11/h2-5,7-8,12,14H,6,9-10H2,1H3,(H,20,21)/t12-,14-/m1/s1. The molecule has 6 nitrogen and oxygen atoms in total. The average molecular weight is 330 g/mol. The molecular weight excluding hydrogens is 312 g/mol. The summed E-state index contributed by atoms with van der Waals surface area (Å²) in [5.41, 5.74) is 1.67. The second-order valence-corrected chi connectivity index (χ2v) is 6.17. The number of pyridine rings is 1. The Morgan fingerprint density at radius 2 is 2.04 bits per heavy atom. The van der Waals surface area contributed by atoms with Gasteiger partial charge >= 0.3 is 0 Å². The van der Waals surface area contributed by atoms with Crippen LogP contribution in [0.2, 0.25) is 0 Å². The summed E-state index contributed by atoms with van der Waals surface area (Å²) in [5.74, 6) is 0.0978. The molecule has 0 saturated carbocycles. The maximum absolute atomic E-state index is 12.3. The fourth-order valence-electron chi connectivity index (χ4n) is 2.57. The number of hydrogen-bond acceptors (Lipinski definition) is 6. The summed E-state index contributed by atoms with van der Waals surface area (Å²) in [7, 11) is 0. The van der Waals surface area contributed by atoms with E-state index >= 15 is 0 Å². The number of carbonyl (C=O) groups excluding carboxylic acids is 1. The van der Waals surface area contributed by atoms with Crippen molar-refractivity contribution < 1.29 is 9.53 Å². The fourth-order valence-corrected chi connectivity index (χ4v) is 2.89. The summed E-state index contributed by atoms with van der Waals surface area (Å²) in [4.78, 5) is 24.6. The van der Waals surface area contributed by atoms with Gasteiger partial charge in [0.25, 0.3) is 5.91 Å². The zero-order valence-corrected chi connectivity index (χ0v) is 13.6. The molecule has 0 bridgehead atoms. The van der Waals surface area contributed by atoms with E-state index in [2.05, 4.69) is 20.3 Å². The van der Waals surface area contributed by atoms with Crippen molar-refractivity contribution in [2.24, 2.45) is 5.92 Å². The number of thioether (sulfide) groups is 1. The van der Waals surface area contributed by atoms with Gasteiger partial charge in [0.15, 0.2) is 5.16 Å². The smallest absolute Gasteiger partial charge is 0.254 e. The molecule has 0 spiro atoms. The third kappa shape index (κ3) is 4.05. The monoisotopic (exact) mass is 330 g/mol. The summed E-state index contributed by atoms with van der Waals surface area (Å²) >= 11 is 1.44. The van der Waals surface area contributed by atoms with Crippen LogP contribution in [0.25, 0.3) is 0 Å². The lowest BCUT2D eigenvalue weighted by Gasteiger charge is -2.19. The second kappa shape index (κ2) is 7.52. The highest BCUT2D eigenvalue weighted by atomic mass is 32.2. The van der Waals surface area contributed by atoms with E-state index in [1.54, 1.807) is 24.8 Å². The van der Waals surface area contributed by atoms with Gasteiger partial charge < -0.3 is 10.1 Å². The Morgan fingerprint density at radius 3 is 2.74 bits per heavy atom. The Morgan fingerprint density at radius 1 is 1.30 bits per heavy atom.